The van der Waals surface area contributed by atoms with E-state index in [0.29, 0.717) is 23.6 Å². The second kappa shape index (κ2) is 10.7. The van der Waals surface area contributed by atoms with Crippen molar-refractivity contribution in [2.24, 2.45) is 11.7 Å². The first-order valence-corrected chi connectivity index (χ1v) is 11.5. The molecule has 10 nitrogen and oxygen atoms in total. The molecule has 1 aromatic heterocycles. The third-order valence-electron chi connectivity index (χ3n) is 5.08. The van der Waals surface area contributed by atoms with Crippen molar-refractivity contribution >= 4 is 34.2 Å². The highest BCUT2D eigenvalue weighted by Gasteiger charge is 2.38. The number of rotatable bonds is 8. The van der Waals surface area contributed by atoms with Gasteiger partial charge in [-0.15, -0.1) is 12.4 Å². The first-order chi connectivity index (χ1) is 14.7. The van der Waals surface area contributed by atoms with Crippen LogP contribution in [0.1, 0.15) is 18.4 Å². The van der Waals surface area contributed by atoms with E-state index in [-0.39, 0.29) is 55.7 Å². The summed E-state index contributed by atoms with van der Waals surface area (Å²) in [6.45, 7) is 0.447. The Bertz CT molecular complexity index is 1050. The summed E-state index contributed by atoms with van der Waals surface area (Å²) in [6, 6.07) is 6.74. The van der Waals surface area contributed by atoms with Gasteiger partial charge in [0.15, 0.2) is 5.82 Å². The van der Waals surface area contributed by atoms with Gasteiger partial charge in [-0.3, -0.25) is 10.2 Å². The molecule has 0 bridgehead atoms. The van der Waals surface area contributed by atoms with Crippen LogP contribution in [0.25, 0.3) is 11.4 Å². The lowest BCUT2D eigenvalue weighted by atomic mass is 10.0. The topological polar surface area (TPSA) is 149 Å². The van der Waals surface area contributed by atoms with E-state index in [2.05, 4.69) is 9.97 Å². The van der Waals surface area contributed by atoms with Crippen molar-refractivity contribution in [2.45, 2.75) is 18.9 Å². The van der Waals surface area contributed by atoms with Crippen molar-refractivity contribution in [2.75, 3.05) is 26.5 Å². The zero-order valence-corrected chi connectivity index (χ0v) is 19.4. The van der Waals surface area contributed by atoms with E-state index in [1.807, 2.05) is 0 Å². The maximum Gasteiger partial charge on any atom is 0.305 e. The molecule has 1 aliphatic heterocycles. The van der Waals surface area contributed by atoms with E-state index >= 15 is 0 Å². The van der Waals surface area contributed by atoms with Gasteiger partial charge in [0.05, 0.1) is 25.0 Å². The number of nitrogen functional groups attached to an aromatic ring is 1. The van der Waals surface area contributed by atoms with Gasteiger partial charge >= 0.3 is 5.97 Å². The molecule has 0 amide bonds. The number of nitrogens with two attached hydrogens (primary N) is 1. The molecule has 3 N–H and O–H groups in total. The van der Waals surface area contributed by atoms with Crippen LogP contribution in [0.3, 0.4) is 0 Å². The van der Waals surface area contributed by atoms with Gasteiger partial charge in [0.1, 0.15) is 18.2 Å². The van der Waals surface area contributed by atoms with Crippen molar-refractivity contribution in [3.63, 3.8) is 0 Å². The molecule has 1 aromatic carbocycles. The van der Waals surface area contributed by atoms with Gasteiger partial charge < -0.3 is 15.2 Å². The van der Waals surface area contributed by atoms with Crippen LogP contribution in [0.5, 0.6) is 5.75 Å². The Balaban J connectivity index is 0.00000363. The summed E-state index contributed by atoms with van der Waals surface area (Å²) >= 11 is 0. The molecular weight excluding hydrogens is 458 g/mol. The maximum absolute atomic E-state index is 12.1. The Kier molecular flexibility index (Phi) is 8.53. The summed E-state index contributed by atoms with van der Waals surface area (Å²) in [6.07, 6.45) is 4.83. The lowest BCUT2D eigenvalue weighted by Gasteiger charge is -2.22. The number of nitrogens with zero attached hydrogens (tertiary/aromatic N) is 3. The average Bonchev–Trinajstić information content (AvgIpc) is 3.15. The molecule has 1 aliphatic rings. The lowest BCUT2D eigenvalue weighted by Crippen LogP contribution is -2.38. The number of benzene rings is 1. The largest absolute Gasteiger partial charge is 0.492 e. The highest BCUT2D eigenvalue weighted by atomic mass is 35.5. The molecule has 0 aliphatic carbocycles. The quantitative estimate of drug-likeness (QED) is 0.325. The smallest absolute Gasteiger partial charge is 0.305 e. The minimum absolute atomic E-state index is 0. The lowest BCUT2D eigenvalue weighted by molar-refractivity contribution is -0.141. The predicted octanol–water partition coefficient (Wildman–Crippen LogP) is 1.44. The number of methoxy groups -OCH3 is 1. The van der Waals surface area contributed by atoms with Crippen molar-refractivity contribution in [1.82, 2.24) is 14.3 Å². The van der Waals surface area contributed by atoms with Crippen LogP contribution < -0.4 is 10.5 Å². The van der Waals surface area contributed by atoms with Crippen molar-refractivity contribution in [3.8, 4) is 17.1 Å². The Morgan fingerprint density at radius 3 is 2.41 bits per heavy atom. The second-order valence-corrected chi connectivity index (χ2v) is 9.35. The van der Waals surface area contributed by atoms with Crippen LogP contribution >= 0.6 is 12.4 Å². The molecule has 2 aromatic rings. The molecule has 3 rings (SSSR count). The number of halogens is 1. The SMILES string of the molecule is COC(=O)C[C@@H]1C[C@@H](COc2ccc(-c3ncc(C(=N)N)cn3)cc2)N(S(C)(=O)=O)C1.Cl. The summed E-state index contributed by atoms with van der Waals surface area (Å²) in [5.41, 5.74) is 6.61. The van der Waals surface area contributed by atoms with Gasteiger partial charge in [-0.25, -0.2) is 18.4 Å². The summed E-state index contributed by atoms with van der Waals surface area (Å²) in [4.78, 5) is 20.0. The third-order valence-corrected chi connectivity index (χ3v) is 6.38. The van der Waals surface area contributed by atoms with Crippen LogP contribution in [0.2, 0.25) is 0 Å². The van der Waals surface area contributed by atoms with Gasteiger partial charge in [0, 0.05) is 30.9 Å². The molecule has 0 radical (unpaired) electrons. The fourth-order valence-electron chi connectivity index (χ4n) is 3.51. The number of carbonyl (C=O) groups is 1. The van der Waals surface area contributed by atoms with Gasteiger partial charge in [-0.05, 0) is 36.6 Å². The fourth-order valence-corrected chi connectivity index (χ4v) is 4.68. The molecule has 0 saturated carbocycles. The number of hydrogen-bond donors (Lipinski definition) is 2. The van der Waals surface area contributed by atoms with Crippen LogP contribution in [-0.2, 0) is 19.6 Å². The summed E-state index contributed by atoms with van der Waals surface area (Å²) in [7, 11) is -2.11. The van der Waals surface area contributed by atoms with Gasteiger partial charge in [0.25, 0.3) is 0 Å². The number of carbonyl (C=O) groups excluding carboxylic acids is 1. The molecule has 2 atom stereocenters. The minimum atomic E-state index is -3.42. The van der Waals surface area contributed by atoms with Crippen molar-refractivity contribution in [3.05, 3.63) is 42.2 Å². The van der Waals surface area contributed by atoms with Gasteiger partial charge in [0.2, 0.25) is 10.0 Å². The maximum atomic E-state index is 12.1. The van der Waals surface area contributed by atoms with Crippen LogP contribution in [0.4, 0.5) is 0 Å². The van der Waals surface area contributed by atoms with E-state index in [0.717, 1.165) is 11.8 Å². The number of aromatic nitrogens is 2. The average molecular weight is 484 g/mol. The monoisotopic (exact) mass is 483 g/mol. The van der Waals surface area contributed by atoms with Crippen LogP contribution in [0.15, 0.2) is 36.7 Å². The summed E-state index contributed by atoms with van der Waals surface area (Å²) in [5.74, 6) is 0.511. The second-order valence-electron chi connectivity index (χ2n) is 7.41. The minimum Gasteiger partial charge on any atom is -0.492 e. The van der Waals surface area contributed by atoms with E-state index in [1.165, 1.54) is 23.8 Å². The van der Waals surface area contributed by atoms with E-state index in [4.69, 9.17) is 20.6 Å². The van der Waals surface area contributed by atoms with Crippen LogP contribution in [0, 0.1) is 11.3 Å². The Morgan fingerprint density at radius 1 is 1.25 bits per heavy atom. The Hall–Kier alpha value is -2.76. The predicted molar refractivity (Wildman–Crippen MR) is 121 cm³/mol. The first-order valence-electron chi connectivity index (χ1n) is 9.60. The number of amidine groups is 1. The number of nitrogens with one attached hydrogen (secondary N) is 1. The van der Waals surface area contributed by atoms with Crippen molar-refractivity contribution in [1.29, 1.82) is 5.41 Å². The molecule has 12 heteroatoms. The number of esters is 1. The normalized spacial score (nSPS) is 18.6. The molecule has 0 spiro atoms. The highest BCUT2D eigenvalue weighted by Crippen LogP contribution is 2.29. The molecule has 2 heterocycles. The number of sulfonamides is 1. The molecule has 32 heavy (non-hydrogen) atoms. The number of ether oxygens (including phenoxy) is 2. The first kappa shape index (κ1) is 25.5. The van der Waals surface area contributed by atoms with Crippen molar-refractivity contribution < 1.29 is 22.7 Å². The fraction of sp³-hybridized carbons (Fsp3) is 0.400. The summed E-state index contributed by atoms with van der Waals surface area (Å²) in [5, 5.41) is 7.38. The van der Waals surface area contributed by atoms with Gasteiger partial charge in [-0.1, -0.05) is 0 Å². The third kappa shape index (κ3) is 6.38. The Labute approximate surface area is 193 Å². The zero-order chi connectivity index (χ0) is 22.6. The standard InChI is InChI=1S/C20H25N5O5S.ClH/c1-29-18(26)8-13-7-16(25(11-13)31(2,27)28)12-30-17-5-3-14(4-6-17)20-23-9-15(10-24-20)19(21)22;/h3-6,9-10,13,16H,7-8,11-12H2,1-2H3,(H3,21,22);1H/t13-,16-;/m0./s1. The van der Waals surface area contributed by atoms with Crippen LogP contribution in [-0.4, -0.2) is 67.1 Å². The zero-order valence-electron chi connectivity index (χ0n) is 17.7. The van der Waals surface area contributed by atoms with E-state index in [1.54, 1.807) is 24.3 Å². The highest BCUT2D eigenvalue weighted by molar-refractivity contribution is 7.88. The molecule has 0 unspecified atom stereocenters. The van der Waals surface area contributed by atoms with E-state index < -0.39 is 10.0 Å². The number of hydrogen-bond acceptors (Lipinski definition) is 8. The summed E-state index contributed by atoms with van der Waals surface area (Å²) < 4.78 is 36.2. The van der Waals surface area contributed by atoms with Gasteiger partial charge in [-0.2, -0.15) is 4.31 Å². The van der Waals surface area contributed by atoms with E-state index in [9.17, 15) is 13.2 Å². The molecule has 174 valence electrons. The molecule has 1 fully saturated rings. The molecular formula is C20H26ClN5O5S. The Morgan fingerprint density at radius 2 is 1.88 bits per heavy atom. The molecule has 1 saturated heterocycles.